The maximum absolute atomic E-state index is 12.7. The van der Waals surface area contributed by atoms with Crippen LogP contribution in [0.2, 0.25) is 5.02 Å². The average Bonchev–Trinajstić information content (AvgIpc) is 2.82. The fourth-order valence-corrected chi connectivity index (χ4v) is 1.86. The summed E-state index contributed by atoms with van der Waals surface area (Å²) in [4.78, 5) is 14.1. The summed E-state index contributed by atoms with van der Waals surface area (Å²) in [6.45, 7) is 0. The van der Waals surface area contributed by atoms with E-state index in [0.717, 1.165) is 0 Å². The predicted octanol–water partition coefficient (Wildman–Crippen LogP) is 3.66. The van der Waals surface area contributed by atoms with E-state index >= 15 is 0 Å². The van der Waals surface area contributed by atoms with Gasteiger partial charge in [0.05, 0.1) is 10.6 Å². The van der Waals surface area contributed by atoms with Crippen molar-refractivity contribution in [2.45, 2.75) is 12.4 Å². The van der Waals surface area contributed by atoms with Gasteiger partial charge in [-0.05, 0) is 6.07 Å². The Morgan fingerprint density at radius 1 is 1.17 bits per heavy atom. The highest BCUT2D eigenvalue weighted by Gasteiger charge is 2.40. The number of alkyl halides is 6. The van der Waals surface area contributed by atoms with Gasteiger partial charge in [-0.25, -0.2) is 14.5 Å². The van der Waals surface area contributed by atoms with Crippen molar-refractivity contribution >= 4 is 17.6 Å². The van der Waals surface area contributed by atoms with Crippen LogP contribution >= 0.6 is 11.6 Å². The molecule has 0 saturated heterocycles. The molecular formula is C11H4ClF6N3O2. The lowest BCUT2D eigenvalue weighted by molar-refractivity contribution is -0.141. The molecule has 0 spiro atoms. The molecule has 1 N–H and O–H groups in total. The van der Waals surface area contributed by atoms with Gasteiger partial charge < -0.3 is 5.11 Å². The summed E-state index contributed by atoms with van der Waals surface area (Å²) in [5.41, 5.74) is -4.12. The summed E-state index contributed by atoms with van der Waals surface area (Å²) in [6.07, 6.45) is -9.01. The smallest absolute Gasteiger partial charge is 0.436 e. The number of hydrogen-bond donors (Lipinski definition) is 1. The third-order valence-electron chi connectivity index (χ3n) is 2.58. The summed E-state index contributed by atoms with van der Waals surface area (Å²) in [6, 6.07) is 0.444. The van der Waals surface area contributed by atoms with Gasteiger partial charge in [-0.1, -0.05) is 11.6 Å². The molecule has 12 heteroatoms. The van der Waals surface area contributed by atoms with E-state index in [2.05, 4.69) is 10.1 Å². The van der Waals surface area contributed by atoms with Gasteiger partial charge in [0.15, 0.2) is 11.5 Å². The van der Waals surface area contributed by atoms with Crippen LogP contribution in [0.3, 0.4) is 0 Å². The summed E-state index contributed by atoms with van der Waals surface area (Å²) in [7, 11) is 0. The second-order valence-corrected chi connectivity index (χ2v) is 4.57. The molecule has 2 aromatic rings. The third kappa shape index (κ3) is 3.38. The van der Waals surface area contributed by atoms with Crippen LogP contribution in [0.15, 0.2) is 18.5 Å². The summed E-state index contributed by atoms with van der Waals surface area (Å²) >= 11 is 5.57. The van der Waals surface area contributed by atoms with E-state index in [-0.39, 0.29) is 0 Å². The molecule has 2 aromatic heterocycles. The van der Waals surface area contributed by atoms with Crippen molar-refractivity contribution in [2.24, 2.45) is 0 Å². The fraction of sp³-hybridized carbons (Fsp3) is 0.182. The van der Waals surface area contributed by atoms with E-state index in [0.29, 0.717) is 23.1 Å². The normalized spacial score (nSPS) is 12.5. The molecule has 0 saturated carbocycles. The third-order valence-corrected chi connectivity index (χ3v) is 2.86. The van der Waals surface area contributed by atoms with Crippen molar-refractivity contribution in [3.05, 3.63) is 40.3 Å². The zero-order chi connectivity index (χ0) is 17.6. The Kier molecular flexibility index (Phi) is 4.01. The molecule has 0 radical (unpaired) electrons. The molecule has 0 atom stereocenters. The lowest BCUT2D eigenvalue weighted by Crippen LogP contribution is -2.12. The zero-order valence-corrected chi connectivity index (χ0v) is 11.3. The van der Waals surface area contributed by atoms with Gasteiger partial charge in [0.25, 0.3) is 0 Å². The van der Waals surface area contributed by atoms with Gasteiger partial charge >= 0.3 is 18.3 Å². The van der Waals surface area contributed by atoms with Crippen molar-refractivity contribution < 1.29 is 36.2 Å². The van der Waals surface area contributed by atoms with Crippen molar-refractivity contribution in [3.8, 4) is 5.82 Å². The van der Waals surface area contributed by atoms with Crippen LogP contribution in [0.1, 0.15) is 21.6 Å². The Bertz CT molecular complexity index is 768. The zero-order valence-electron chi connectivity index (χ0n) is 10.6. The van der Waals surface area contributed by atoms with Gasteiger partial charge in [0.2, 0.25) is 0 Å². The second-order valence-electron chi connectivity index (χ2n) is 4.17. The first-order valence-corrected chi connectivity index (χ1v) is 5.92. The number of hydrogen-bond acceptors (Lipinski definition) is 3. The molecule has 0 aliphatic rings. The van der Waals surface area contributed by atoms with E-state index in [1.807, 2.05) is 0 Å². The van der Waals surface area contributed by atoms with Crippen molar-refractivity contribution in [3.63, 3.8) is 0 Å². The lowest BCUT2D eigenvalue weighted by Gasteiger charge is -2.09. The largest absolute Gasteiger partial charge is 0.478 e. The maximum Gasteiger partial charge on any atom is 0.436 e. The Morgan fingerprint density at radius 3 is 2.17 bits per heavy atom. The van der Waals surface area contributed by atoms with Gasteiger partial charge in [-0.3, -0.25) is 0 Å². The minimum Gasteiger partial charge on any atom is -0.478 e. The lowest BCUT2D eigenvalue weighted by atomic mass is 10.2. The number of rotatable bonds is 2. The molecule has 0 aliphatic heterocycles. The van der Waals surface area contributed by atoms with Gasteiger partial charge in [0, 0.05) is 12.4 Å². The van der Waals surface area contributed by atoms with Gasteiger partial charge in [-0.2, -0.15) is 31.4 Å². The molecule has 124 valence electrons. The number of carboxylic acids is 1. The monoisotopic (exact) mass is 359 g/mol. The first kappa shape index (κ1) is 17.1. The molecule has 0 aliphatic carbocycles. The number of pyridine rings is 1. The number of aromatic nitrogens is 3. The molecule has 0 aromatic carbocycles. The van der Waals surface area contributed by atoms with E-state index in [4.69, 9.17) is 16.7 Å². The quantitative estimate of drug-likeness (QED) is 0.831. The Hall–Kier alpha value is -2.30. The molecule has 2 rings (SSSR count). The molecule has 2 heterocycles. The minimum atomic E-state index is -5.07. The fourth-order valence-electron chi connectivity index (χ4n) is 1.60. The first-order chi connectivity index (χ1) is 10.4. The Balaban J connectivity index is 2.58. The predicted molar refractivity (Wildman–Crippen MR) is 63.3 cm³/mol. The number of halogens is 7. The van der Waals surface area contributed by atoms with Crippen molar-refractivity contribution in [2.75, 3.05) is 0 Å². The topological polar surface area (TPSA) is 68.0 Å². The summed E-state index contributed by atoms with van der Waals surface area (Å²) in [5.74, 6) is -2.48. The van der Waals surface area contributed by atoms with Crippen molar-refractivity contribution in [1.29, 1.82) is 0 Å². The van der Waals surface area contributed by atoms with E-state index in [1.165, 1.54) is 0 Å². The first-order valence-electron chi connectivity index (χ1n) is 5.54. The van der Waals surface area contributed by atoms with E-state index < -0.39 is 46.0 Å². The van der Waals surface area contributed by atoms with Crippen molar-refractivity contribution in [1.82, 2.24) is 14.8 Å². The van der Waals surface area contributed by atoms with Crippen LogP contribution in [-0.4, -0.2) is 25.8 Å². The standard InChI is InChI=1S/C11H4ClF6N3O2/c12-6-1-4(10(13,14)15)2-19-8(6)21-3-5(9(22)23)7(20-21)11(16,17)18/h1-3H,(H,22,23). The Labute approximate surface area is 128 Å². The number of aromatic carboxylic acids is 1. The number of carboxylic acid groups (broad SMARTS) is 1. The van der Waals surface area contributed by atoms with Crippen LogP contribution < -0.4 is 0 Å². The molecule has 5 nitrogen and oxygen atoms in total. The van der Waals surface area contributed by atoms with Crippen LogP contribution in [0.25, 0.3) is 5.82 Å². The molecule has 0 bridgehead atoms. The van der Waals surface area contributed by atoms with Gasteiger partial charge in [0.1, 0.15) is 5.56 Å². The number of nitrogens with zero attached hydrogens (tertiary/aromatic N) is 3. The summed E-state index contributed by atoms with van der Waals surface area (Å²) < 4.78 is 76.0. The molecule has 23 heavy (non-hydrogen) atoms. The minimum absolute atomic E-state index is 0.344. The van der Waals surface area contributed by atoms with Crippen LogP contribution in [-0.2, 0) is 12.4 Å². The molecule has 0 unspecified atom stereocenters. The van der Waals surface area contributed by atoms with Crippen LogP contribution in [0.5, 0.6) is 0 Å². The SMILES string of the molecule is O=C(O)c1cn(-c2ncc(C(F)(F)F)cc2Cl)nc1C(F)(F)F. The van der Waals surface area contributed by atoms with E-state index in [9.17, 15) is 31.1 Å². The number of carbonyl (C=O) groups is 1. The molecule has 0 fully saturated rings. The van der Waals surface area contributed by atoms with Crippen LogP contribution in [0, 0.1) is 0 Å². The van der Waals surface area contributed by atoms with Gasteiger partial charge in [-0.15, -0.1) is 0 Å². The maximum atomic E-state index is 12.7. The highest BCUT2D eigenvalue weighted by Crippen LogP contribution is 2.34. The average molecular weight is 360 g/mol. The molecule has 0 amide bonds. The van der Waals surface area contributed by atoms with E-state index in [1.54, 1.807) is 0 Å². The highest BCUT2D eigenvalue weighted by atomic mass is 35.5. The van der Waals surface area contributed by atoms with Crippen LogP contribution in [0.4, 0.5) is 26.3 Å². The molecular weight excluding hydrogens is 356 g/mol. The highest BCUT2D eigenvalue weighted by molar-refractivity contribution is 6.32. The summed E-state index contributed by atoms with van der Waals surface area (Å²) in [5, 5.41) is 11.1. The Morgan fingerprint density at radius 2 is 1.78 bits per heavy atom. The second kappa shape index (κ2) is 5.41.